The number of hydrogen-bond acceptors (Lipinski definition) is 3. The van der Waals surface area contributed by atoms with Crippen LogP contribution >= 0.6 is 11.6 Å². The van der Waals surface area contributed by atoms with Gasteiger partial charge in [0.05, 0.1) is 10.7 Å². The molecule has 0 fully saturated rings. The zero-order valence-corrected chi connectivity index (χ0v) is 9.83. The lowest BCUT2D eigenvalue weighted by atomic mass is 10.2. The number of hydrogen-bond donors (Lipinski definition) is 1. The lowest BCUT2D eigenvalue weighted by Gasteiger charge is -2.10. The standard InChI is InChI=1S/C12H10ClFN2O/c1-7-6-16-3-2-11(7)17-12-5-9(14)10(15)4-8(12)13/h2-6H,15H2,1H3. The second-order valence-electron chi connectivity index (χ2n) is 3.55. The van der Waals surface area contributed by atoms with Gasteiger partial charge in [-0.25, -0.2) is 4.39 Å². The summed E-state index contributed by atoms with van der Waals surface area (Å²) in [5.41, 5.74) is 6.22. The lowest BCUT2D eigenvalue weighted by Crippen LogP contribution is -1.94. The Morgan fingerprint density at radius 2 is 2.12 bits per heavy atom. The Bertz CT molecular complexity index is 560. The molecular weight excluding hydrogens is 243 g/mol. The molecule has 0 aliphatic rings. The second-order valence-corrected chi connectivity index (χ2v) is 3.95. The third-order valence-corrected chi connectivity index (χ3v) is 2.54. The van der Waals surface area contributed by atoms with Crippen LogP contribution in [0.2, 0.25) is 5.02 Å². The average Bonchev–Trinajstić information content (AvgIpc) is 2.29. The van der Waals surface area contributed by atoms with Crippen molar-refractivity contribution >= 4 is 17.3 Å². The number of aromatic nitrogens is 1. The number of pyridine rings is 1. The first-order valence-electron chi connectivity index (χ1n) is 4.91. The molecule has 17 heavy (non-hydrogen) atoms. The fourth-order valence-corrected chi connectivity index (χ4v) is 1.53. The summed E-state index contributed by atoms with van der Waals surface area (Å²) in [4.78, 5) is 3.93. The molecule has 0 atom stereocenters. The van der Waals surface area contributed by atoms with E-state index in [0.717, 1.165) is 11.6 Å². The third-order valence-electron chi connectivity index (χ3n) is 2.24. The average molecular weight is 253 g/mol. The first-order chi connectivity index (χ1) is 8.08. The summed E-state index contributed by atoms with van der Waals surface area (Å²) in [5, 5.41) is 0.264. The molecule has 0 radical (unpaired) electrons. The first kappa shape index (κ1) is 11.7. The van der Waals surface area contributed by atoms with Crippen molar-refractivity contribution in [2.75, 3.05) is 5.73 Å². The van der Waals surface area contributed by atoms with Crippen LogP contribution in [0.25, 0.3) is 0 Å². The minimum Gasteiger partial charge on any atom is -0.455 e. The third kappa shape index (κ3) is 2.47. The number of anilines is 1. The Morgan fingerprint density at radius 3 is 2.82 bits per heavy atom. The second kappa shape index (κ2) is 4.59. The quantitative estimate of drug-likeness (QED) is 0.832. The number of ether oxygens (including phenoxy) is 1. The number of nitrogens with two attached hydrogens (primary N) is 1. The van der Waals surface area contributed by atoms with Crippen molar-refractivity contribution in [2.24, 2.45) is 0 Å². The Balaban J connectivity index is 2.37. The largest absolute Gasteiger partial charge is 0.455 e. The van der Waals surface area contributed by atoms with Crippen molar-refractivity contribution in [1.82, 2.24) is 4.98 Å². The van der Waals surface area contributed by atoms with Gasteiger partial charge in [0.15, 0.2) is 0 Å². The Labute approximate surface area is 103 Å². The van der Waals surface area contributed by atoms with Gasteiger partial charge in [-0.2, -0.15) is 0 Å². The molecule has 5 heteroatoms. The molecule has 1 heterocycles. The number of nitrogens with zero attached hydrogens (tertiary/aromatic N) is 1. The van der Waals surface area contributed by atoms with Gasteiger partial charge in [0, 0.05) is 24.0 Å². The zero-order chi connectivity index (χ0) is 12.4. The van der Waals surface area contributed by atoms with E-state index in [1.807, 2.05) is 6.92 Å². The van der Waals surface area contributed by atoms with Crippen LogP contribution in [0.5, 0.6) is 11.5 Å². The van der Waals surface area contributed by atoms with Gasteiger partial charge in [-0.15, -0.1) is 0 Å². The van der Waals surface area contributed by atoms with E-state index in [2.05, 4.69) is 4.98 Å². The molecular formula is C12H10ClFN2O. The van der Waals surface area contributed by atoms with Gasteiger partial charge in [0.1, 0.15) is 17.3 Å². The monoisotopic (exact) mass is 252 g/mol. The zero-order valence-electron chi connectivity index (χ0n) is 9.08. The van der Waals surface area contributed by atoms with E-state index in [1.165, 1.54) is 6.07 Å². The highest BCUT2D eigenvalue weighted by Crippen LogP contribution is 2.33. The van der Waals surface area contributed by atoms with Crippen LogP contribution in [-0.4, -0.2) is 4.98 Å². The van der Waals surface area contributed by atoms with Gasteiger partial charge in [0.2, 0.25) is 0 Å². The molecule has 0 amide bonds. The molecule has 0 saturated carbocycles. The highest BCUT2D eigenvalue weighted by molar-refractivity contribution is 6.32. The highest BCUT2D eigenvalue weighted by Gasteiger charge is 2.09. The lowest BCUT2D eigenvalue weighted by molar-refractivity contribution is 0.473. The highest BCUT2D eigenvalue weighted by atomic mass is 35.5. The summed E-state index contributed by atoms with van der Waals surface area (Å²) in [6, 6.07) is 4.17. The molecule has 2 N–H and O–H groups in total. The van der Waals surface area contributed by atoms with E-state index in [4.69, 9.17) is 22.1 Å². The number of aryl methyl sites for hydroxylation is 1. The normalized spacial score (nSPS) is 10.3. The molecule has 3 nitrogen and oxygen atoms in total. The number of halogens is 2. The molecule has 0 spiro atoms. The van der Waals surface area contributed by atoms with Crippen LogP contribution in [0, 0.1) is 12.7 Å². The van der Waals surface area contributed by atoms with E-state index in [-0.39, 0.29) is 16.5 Å². The van der Waals surface area contributed by atoms with Crippen LogP contribution in [0.1, 0.15) is 5.56 Å². The summed E-state index contributed by atoms with van der Waals surface area (Å²) < 4.78 is 18.8. The first-order valence-corrected chi connectivity index (χ1v) is 5.28. The van der Waals surface area contributed by atoms with Gasteiger partial charge < -0.3 is 10.5 Å². The van der Waals surface area contributed by atoms with Crippen LogP contribution in [0.3, 0.4) is 0 Å². The van der Waals surface area contributed by atoms with Crippen molar-refractivity contribution in [2.45, 2.75) is 6.92 Å². The van der Waals surface area contributed by atoms with E-state index < -0.39 is 5.82 Å². The Morgan fingerprint density at radius 1 is 1.35 bits per heavy atom. The van der Waals surface area contributed by atoms with Gasteiger partial charge in [-0.05, 0) is 19.1 Å². The molecule has 2 aromatic rings. The van der Waals surface area contributed by atoms with Crippen molar-refractivity contribution < 1.29 is 9.13 Å². The van der Waals surface area contributed by atoms with Crippen molar-refractivity contribution in [3.63, 3.8) is 0 Å². The minimum absolute atomic E-state index is 0.00574. The van der Waals surface area contributed by atoms with E-state index in [1.54, 1.807) is 18.5 Å². The van der Waals surface area contributed by atoms with Crippen LogP contribution in [-0.2, 0) is 0 Å². The number of benzene rings is 1. The summed E-state index contributed by atoms with van der Waals surface area (Å²) in [5.74, 6) is 0.245. The van der Waals surface area contributed by atoms with Gasteiger partial charge >= 0.3 is 0 Å². The molecule has 0 aliphatic carbocycles. The number of rotatable bonds is 2. The fraction of sp³-hybridized carbons (Fsp3) is 0.0833. The van der Waals surface area contributed by atoms with E-state index in [9.17, 15) is 4.39 Å². The fourth-order valence-electron chi connectivity index (χ4n) is 1.32. The SMILES string of the molecule is Cc1cnccc1Oc1cc(F)c(N)cc1Cl. The Hall–Kier alpha value is -1.81. The maximum atomic E-state index is 13.3. The molecule has 88 valence electrons. The van der Waals surface area contributed by atoms with Crippen LogP contribution < -0.4 is 10.5 Å². The molecule has 0 unspecified atom stereocenters. The molecule has 0 aliphatic heterocycles. The van der Waals surface area contributed by atoms with Crippen molar-refractivity contribution in [1.29, 1.82) is 0 Å². The summed E-state index contributed by atoms with van der Waals surface area (Å²) in [6.45, 7) is 1.84. The van der Waals surface area contributed by atoms with Crippen LogP contribution in [0.4, 0.5) is 10.1 Å². The van der Waals surface area contributed by atoms with Gasteiger partial charge in [-0.1, -0.05) is 11.6 Å². The predicted molar refractivity (Wildman–Crippen MR) is 64.9 cm³/mol. The van der Waals surface area contributed by atoms with Crippen molar-refractivity contribution in [3.05, 3.63) is 47.0 Å². The maximum Gasteiger partial charge on any atom is 0.149 e. The molecule has 1 aromatic carbocycles. The molecule has 0 saturated heterocycles. The minimum atomic E-state index is -0.559. The van der Waals surface area contributed by atoms with E-state index in [0.29, 0.717) is 5.75 Å². The molecule has 2 rings (SSSR count). The Kier molecular flexibility index (Phi) is 3.15. The van der Waals surface area contributed by atoms with Crippen LogP contribution in [0.15, 0.2) is 30.6 Å². The van der Waals surface area contributed by atoms with Gasteiger partial charge in [-0.3, -0.25) is 4.98 Å². The summed E-state index contributed by atoms with van der Waals surface area (Å²) in [7, 11) is 0. The van der Waals surface area contributed by atoms with Gasteiger partial charge in [0.25, 0.3) is 0 Å². The van der Waals surface area contributed by atoms with E-state index >= 15 is 0 Å². The maximum absolute atomic E-state index is 13.3. The van der Waals surface area contributed by atoms with Crippen molar-refractivity contribution in [3.8, 4) is 11.5 Å². The summed E-state index contributed by atoms with van der Waals surface area (Å²) in [6.07, 6.45) is 3.24. The molecule has 1 aromatic heterocycles. The predicted octanol–water partition coefficient (Wildman–Crippen LogP) is 3.56. The summed E-state index contributed by atoms with van der Waals surface area (Å²) >= 11 is 5.92. The number of nitrogen functional groups attached to an aromatic ring is 1. The smallest absolute Gasteiger partial charge is 0.149 e. The molecule has 0 bridgehead atoms. The topological polar surface area (TPSA) is 48.1 Å².